The number of aliphatic carboxylic acids is 1. The van der Waals surface area contributed by atoms with Gasteiger partial charge in [0.15, 0.2) is 0 Å². The molecule has 17 nitrogen and oxygen atoms in total. The molecule has 1 aromatic heterocycles. The van der Waals surface area contributed by atoms with Gasteiger partial charge in [-0.25, -0.2) is 0 Å². The van der Waals surface area contributed by atoms with E-state index in [9.17, 15) is 38.7 Å². The summed E-state index contributed by atoms with van der Waals surface area (Å²) >= 11 is 0. The van der Waals surface area contributed by atoms with Gasteiger partial charge in [-0.05, 0) is 89.5 Å². The second-order valence-electron chi connectivity index (χ2n) is 17.9. The van der Waals surface area contributed by atoms with Crippen LogP contribution < -0.4 is 31.9 Å². The average Bonchev–Trinajstić information content (AvgIpc) is 4.03. The number of hydrogen-bond acceptors (Lipinski definition) is 9. The molecule has 7 atom stereocenters. The predicted octanol–water partition coefficient (Wildman–Crippen LogP) is 2.09. The number of carboxylic acids is 1. The molecule has 0 spiro atoms. The summed E-state index contributed by atoms with van der Waals surface area (Å²) in [5.41, 5.74) is 1.64. The normalized spacial score (nSPS) is 18.8. The number of para-hydroxylation sites is 1. The topological polar surface area (TPSA) is 240 Å². The number of fused-ring (bicyclic) bond motifs is 1. The van der Waals surface area contributed by atoms with Crippen molar-refractivity contribution in [3.05, 3.63) is 71.9 Å². The molecule has 3 heterocycles. The van der Waals surface area contributed by atoms with E-state index >= 15 is 0 Å². The van der Waals surface area contributed by atoms with E-state index in [4.69, 9.17) is 4.74 Å². The Kier molecular flexibility index (Phi) is 16.8. The first-order valence-corrected chi connectivity index (χ1v) is 21.9. The minimum Gasteiger partial charge on any atom is -0.480 e. The van der Waals surface area contributed by atoms with Crippen LogP contribution in [0, 0.1) is 5.92 Å². The molecule has 6 amide bonds. The van der Waals surface area contributed by atoms with Gasteiger partial charge < -0.3 is 51.6 Å². The number of carbonyl (C=O) groups excluding carboxylic acids is 6. The molecule has 2 aliphatic rings. The Morgan fingerprint density at radius 3 is 2.16 bits per heavy atom. The van der Waals surface area contributed by atoms with E-state index in [1.54, 1.807) is 37.4 Å². The van der Waals surface area contributed by atoms with E-state index < -0.39 is 90.0 Å². The van der Waals surface area contributed by atoms with Crippen LogP contribution in [0.25, 0.3) is 10.9 Å². The van der Waals surface area contributed by atoms with Gasteiger partial charge in [-0.3, -0.25) is 33.6 Å². The molecule has 0 aliphatic carbocycles. The largest absolute Gasteiger partial charge is 0.480 e. The maximum atomic E-state index is 14.8. The highest BCUT2D eigenvalue weighted by Crippen LogP contribution is 2.24. The molecule has 0 saturated carbocycles. The van der Waals surface area contributed by atoms with E-state index in [1.165, 1.54) is 4.90 Å². The standard InChI is InChI=1S/C46H64N8O9/c1-27(2)22-34(51-44(61)39(28(3)63-46(4,5)6)53-41(58)33-18-12-20-47-33)42(59)52-36(24-30-25-48-32-17-11-10-16-31(30)32)45(62)54-21-13-19-37(54)43(60)50-35(40(57)49-26-38(55)56)23-29-14-8-7-9-15-29/h7-11,14-17,25,27-28,33-37,39,47-48H,12-13,18-24,26H2,1-6H3,(H,49,57)(H,50,60)(H,51,61)(H,52,59)(H,53,58)(H,55,56)/t28-,33+,34+,35+,36+,37+,39+/m1/s1. The van der Waals surface area contributed by atoms with E-state index in [1.807, 2.05) is 65.0 Å². The van der Waals surface area contributed by atoms with Crippen molar-refractivity contribution in [3.63, 3.8) is 0 Å². The van der Waals surface area contributed by atoms with Crippen LogP contribution in [0.5, 0.6) is 0 Å². The highest BCUT2D eigenvalue weighted by Gasteiger charge is 2.41. The minimum absolute atomic E-state index is 0.0412. The molecule has 2 aromatic carbocycles. The number of rotatable bonds is 20. The van der Waals surface area contributed by atoms with Crippen LogP contribution in [0.4, 0.5) is 0 Å². The Hall–Kier alpha value is -5.81. The third-order valence-corrected chi connectivity index (χ3v) is 11.2. The number of carboxylic acid groups (broad SMARTS) is 1. The van der Waals surface area contributed by atoms with Crippen LogP contribution in [0.15, 0.2) is 60.8 Å². The van der Waals surface area contributed by atoms with Crippen molar-refractivity contribution in [3.8, 4) is 0 Å². The Morgan fingerprint density at radius 1 is 0.794 bits per heavy atom. The van der Waals surface area contributed by atoms with E-state index in [2.05, 4.69) is 36.9 Å². The van der Waals surface area contributed by atoms with Gasteiger partial charge in [0.25, 0.3) is 0 Å². The van der Waals surface area contributed by atoms with Gasteiger partial charge in [0.2, 0.25) is 35.4 Å². The number of aromatic nitrogens is 1. The van der Waals surface area contributed by atoms with Gasteiger partial charge in [0.1, 0.15) is 36.8 Å². The van der Waals surface area contributed by atoms with Gasteiger partial charge >= 0.3 is 5.97 Å². The zero-order chi connectivity index (χ0) is 45.8. The van der Waals surface area contributed by atoms with Crippen molar-refractivity contribution in [1.29, 1.82) is 0 Å². The van der Waals surface area contributed by atoms with Gasteiger partial charge in [0.05, 0.1) is 17.7 Å². The predicted molar refractivity (Wildman–Crippen MR) is 236 cm³/mol. The zero-order valence-corrected chi connectivity index (χ0v) is 37.1. The minimum atomic E-state index is -1.24. The molecule has 2 fully saturated rings. The average molecular weight is 873 g/mol. The Bertz CT molecular complexity index is 2080. The summed E-state index contributed by atoms with van der Waals surface area (Å²) in [4.78, 5) is 100. The number of benzene rings is 2. The van der Waals surface area contributed by atoms with Gasteiger partial charge in [-0.15, -0.1) is 0 Å². The van der Waals surface area contributed by atoms with Gasteiger partial charge in [0, 0.05) is 36.5 Å². The smallest absolute Gasteiger partial charge is 0.322 e. The van der Waals surface area contributed by atoms with Crippen LogP contribution in [0.3, 0.4) is 0 Å². The highest BCUT2D eigenvalue weighted by molar-refractivity contribution is 5.98. The fourth-order valence-electron chi connectivity index (χ4n) is 8.26. The number of nitrogens with one attached hydrogen (secondary N) is 7. The third kappa shape index (κ3) is 13.8. The summed E-state index contributed by atoms with van der Waals surface area (Å²) in [6, 6.07) is 10.4. The maximum Gasteiger partial charge on any atom is 0.322 e. The molecule has 342 valence electrons. The summed E-state index contributed by atoms with van der Waals surface area (Å²) in [5, 5.41) is 27.0. The number of amides is 6. The number of likely N-dealkylation sites (tertiary alicyclic amines) is 1. The van der Waals surface area contributed by atoms with Gasteiger partial charge in [-0.1, -0.05) is 62.4 Å². The van der Waals surface area contributed by atoms with Crippen molar-refractivity contribution in [2.75, 3.05) is 19.6 Å². The lowest BCUT2D eigenvalue weighted by Crippen LogP contribution is -2.61. The monoisotopic (exact) mass is 872 g/mol. The molecule has 3 aromatic rings. The summed E-state index contributed by atoms with van der Waals surface area (Å²) in [6.45, 7) is 11.3. The molecule has 5 rings (SSSR count). The number of ether oxygens (including phenoxy) is 1. The van der Waals surface area contributed by atoms with E-state index in [0.29, 0.717) is 19.4 Å². The van der Waals surface area contributed by atoms with Crippen LogP contribution in [-0.4, -0.2) is 124 Å². The third-order valence-electron chi connectivity index (χ3n) is 11.2. The molecule has 63 heavy (non-hydrogen) atoms. The second kappa shape index (κ2) is 22.0. The summed E-state index contributed by atoms with van der Waals surface area (Å²) in [7, 11) is 0. The van der Waals surface area contributed by atoms with Crippen LogP contribution >= 0.6 is 0 Å². The van der Waals surface area contributed by atoms with Crippen molar-refractivity contribution in [1.82, 2.24) is 41.8 Å². The zero-order valence-electron chi connectivity index (χ0n) is 37.1. The maximum absolute atomic E-state index is 14.8. The SMILES string of the molecule is CC(C)C[C@H](NC(=O)[C@@H](NC(=O)[C@@H]1CCCN1)[C@@H](C)OC(C)(C)C)C(=O)N[C@@H](Cc1c[nH]c2ccccc12)C(=O)N1CCC[C@H]1C(=O)N[C@@H](Cc1ccccc1)C(=O)NCC(=O)O. The first-order chi connectivity index (χ1) is 29.9. The molecule has 2 saturated heterocycles. The molecule has 0 radical (unpaired) electrons. The quantitative estimate of drug-likeness (QED) is 0.0823. The van der Waals surface area contributed by atoms with Crippen LogP contribution in [0.1, 0.15) is 84.8 Å². The Balaban J connectivity index is 1.40. The molecular formula is C46H64N8O9. The van der Waals surface area contributed by atoms with E-state index in [-0.39, 0.29) is 44.1 Å². The second-order valence-corrected chi connectivity index (χ2v) is 17.9. The fraction of sp³-hybridized carbons (Fsp3) is 0.543. The number of nitrogens with zero attached hydrogens (tertiary/aromatic N) is 1. The summed E-state index contributed by atoms with van der Waals surface area (Å²) in [6.07, 6.45) is 3.50. The van der Waals surface area contributed by atoms with Gasteiger partial charge in [-0.2, -0.15) is 0 Å². The molecule has 17 heteroatoms. The number of H-pyrrole nitrogens is 1. The lowest BCUT2D eigenvalue weighted by Gasteiger charge is -2.33. The van der Waals surface area contributed by atoms with Crippen LogP contribution in [0.2, 0.25) is 0 Å². The van der Waals surface area contributed by atoms with Crippen molar-refractivity contribution < 1.29 is 43.4 Å². The molecule has 0 unspecified atom stereocenters. The fourth-order valence-corrected chi connectivity index (χ4v) is 8.26. The number of aromatic amines is 1. The number of hydrogen-bond donors (Lipinski definition) is 8. The molecule has 0 bridgehead atoms. The summed E-state index contributed by atoms with van der Waals surface area (Å²) in [5.74, 6) is -4.73. The first kappa shape index (κ1) is 48.2. The van der Waals surface area contributed by atoms with E-state index in [0.717, 1.165) is 28.5 Å². The van der Waals surface area contributed by atoms with Crippen molar-refractivity contribution in [2.45, 2.75) is 134 Å². The molecular weight excluding hydrogens is 809 g/mol. The lowest BCUT2D eigenvalue weighted by atomic mass is 9.99. The Morgan fingerprint density at radius 2 is 1.49 bits per heavy atom. The lowest BCUT2D eigenvalue weighted by molar-refractivity contribution is -0.143. The molecule has 8 N–H and O–H groups in total. The molecule has 2 aliphatic heterocycles. The first-order valence-electron chi connectivity index (χ1n) is 21.9. The van der Waals surface area contributed by atoms with Crippen LogP contribution in [-0.2, 0) is 51.1 Å². The number of carbonyl (C=O) groups is 7. The summed E-state index contributed by atoms with van der Waals surface area (Å²) < 4.78 is 6.14. The highest BCUT2D eigenvalue weighted by atomic mass is 16.5. The Labute approximate surface area is 368 Å². The van der Waals surface area contributed by atoms with Crippen molar-refractivity contribution >= 4 is 52.3 Å². The van der Waals surface area contributed by atoms with Crippen molar-refractivity contribution in [2.24, 2.45) is 5.92 Å².